The summed E-state index contributed by atoms with van der Waals surface area (Å²) in [5.41, 5.74) is 3.03. The van der Waals surface area contributed by atoms with E-state index >= 15 is 0 Å². The second-order valence-electron chi connectivity index (χ2n) is 11.4. The van der Waals surface area contributed by atoms with Crippen LogP contribution in [0.25, 0.3) is 11.1 Å². The van der Waals surface area contributed by atoms with E-state index in [4.69, 9.17) is 0 Å². The monoisotopic (exact) mass is 569 g/mol. The SMILES string of the molecule is CC.CC(F)(F)CNC(=O)C1(CCCCN2CCCCC2)c2ccccc2-c2ccccc21.CNC(=O)C1CCC1. The number of unbranched alkanes of at least 4 members (excludes halogenated alkanes) is 1. The summed E-state index contributed by atoms with van der Waals surface area (Å²) in [7, 11) is 1.70. The Bertz CT molecular complexity index is 1080. The molecule has 7 heteroatoms. The number of hydrogen-bond acceptors (Lipinski definition) is 3. The fraction of sp³-hybridized carbons (Fsp3) is 0.588. The van der Waals surface area contributed by atoms with Crippen LogP contribution in [0.5, 0.6) is 0 Å². The highest BCUT2D eigenvalue weighted by Crippen LogP contribution is 2.51. The quantitative estimate of drug-likeness (QED) is 0.322. The van der Waals surface area contributed by atoms with Gasteiger partial charge in [-0.3, -0.25) is 9.59 Å². The van der Waals surface area contributed by atoms with E-state index in [2.05, 4.69) is 15.5 Å². The van der Waals surface area contributed by atoms with Gasteiger partial charge in [0.2, 0.25) is 11.8 Å². The molecule has 5 nitrogen and oxygen atoms in total. The van der Waals surface area contributed by atoms with Gasteiger partial charge in [-0.2, -0.15) is 0 Å². The van der Waals surface area contributed by atoms with Gasteiger partial charge in [0.15, 0.2) is 0 Å². The molecule has 3 aliphatic rings. The number of rotatable bonds is 9. The van der Waals surface area contributed by atoms with Gasteiger partial charge < -0.3 is 15.5 Å². The lowest BCUT2D eigenvalue weighted by Crippen LogP contribution is -2.47. The molecule has 226 valence electrons. The zero-order valence-electron chi connectivity index (χ0n) is 25.4. The van der Waals surface area contributed by atoms with Gasteiger partial charge in [-0.1, -0.05) is 81.6 Å². The van der Waals surface area contributed by atoms with Gasteiger partial charge in [0.05, 0.1) is 6.54 Å². The van der Waals surface area contributed by atoms with Crippen molar-refractivity contribution in [2.75, 3.05) is 33.2 Å². The summed E-state index contributed by atoms with van der Waals surface area (Å²) in [6.45, 7) is 7.54. The van der Waals surface area contributed by atoms with Gasteiger partial charge >= 0.3 is 0 Å². The number of nitrogens with one attached hydrogen (secondary N) is 2. The highest BCUT2D eigenvalue weighted by molar-refractivity contribution is 6.00. The van der Waals surface area contributed by atoms with E-state index in [0.29, 0.717) is 12.3 Å². The van der Waals surface area contributed by atoms with Crippen molar-refractivity contribution >= 4 is 11.8 Å². The number of nitrogens with zero attached hydrogens (tertiary/aromatic N) is 1. The first-order chi connectivity index (χ1) is 19.8. The van der Waals surface area contributed by atoms with Gasteiger partial charge in [0, 0.05) is 19.9 Å². The predicted octanol–water partition coefficient (Wildman–Crippen LogP) is 6.94. The fourth-order valence-electron chi connectivity index (χ4n) is 6.12. The summed E-state index contributed by atoms with van der Waals surface area (Å²) in [4.78, 5) is 26.8. The van der Waals surface area contributed by atoms with Gasteiger partial charge in [-0.05, 0) is 80.4 Å². The maximum Gasteiger partial charge on any atom is 0.262 e. The largest absolute Gasteiger partial charge is 0.359 e. The molecule has 0 atom stereocenters. The Hall–Kier alpha value is -2.80. The van der Waals surface area contributed by atoms with Crippen LogP contribution in [-0.4, -0.2) is 55.9 Å². The summed E-state index contributed by atoms with van der Waals surface area (Å²) < 4.78 is 27.2. The Morgan fingerprint density at radius 2 is 1.46 bits per heavy atom. The van der Waals surface area contributed by atoms with Crippen molar-refractivity contribution in [1.82, 2.24) is 15.5 Å². The Kier molecular flexibility index (Phi) is 12.3. The minimum absolute atomic E-state index is 0.219. The molecular weight excluding hydrogens is 520 g/mol. The third-order valence-electron chi connectivity index (χ3n) is 8.46. The number of benzene rings is 2. The average molecular weight is 570 g/mol. The lowest BCUT2D eigenvalue weighted by Gasteiger charge is -2.32. The standard InChI is InChI=1S/C26H32F2N2O.C6H11NO.C2H6/c1-25(27,28)19-29-24(31)26(15-7-10-18-30-16-8-2-9-17-30)22-13-5-3-11-20(22)21-12-4-6-14-23(21)26;1-7-6(8)5-3-2-4-5;1-2/h3-6,11-14H,2,7-10,15-19H2,1H3,(H,29,31);5H,2-4H2,1H3,(H,7,8);1-2H3. The lowest BCUT2D eigenvalue weighted by atomic mass is 9.73. The molecule has 2 aliphatic carbocycles. The molecule has 0 spiro atoms. The molecule has 2 aromatic rings. The van der Waals surface area contributed by atoms with E-state index in [1.807, 2.05) is 62.4 Å². The molecule has 1 heterocycles. The van der Waals surface area contributed by atoms with Crippen LogP contribution in [0.2, 0.25) is 0 Å². The van der Waals surface area contributed by atoms with Crippen LogP contribution < -0.4 is 10.6 Å². The zero-order chi connectivity index (χ0) is 29.9. The number of carbonyl (C=O) groups excluding carboxylic acids is 2. The highest BCUT2D eigenvalue weighted by atomic mass is 19.3. The van der Waals surface area contributed by atoms with Gasteiger partial charge in [0.1, 0.15) is 5.41 Å². The van der Waals surface area contributed by atoms with Crippen LogP contribution in [-0.2, 0) is 15.0 Å². The fourth-order valence-corrected chi connectivity index (χ4v) is 6.12. The lowest BCUT2D eigenvalue weighted by molar-refractivity contribution is -0.127. The number of carbonyl (C=O) groups is 2. The van der Waals surface area contributed by atoms with Crippen molar-refractivity contribution in [3.05, 3.63) is 59.7 Å². The number of piperidine rings is 1. The van der Waals surface area contributed by atoms with Gasteiger partial charge in [-0.15, -0.1) is 0 Å². The molecule has 0 radical (unpaired) electrons. The second-order valence-corrected chi connectivity index (χ2v) is 11.4. The number of amides is 2. The molecule has 1 saturated carbocycles. The summed E-state index contributed by atoms with van der Waals surface area (Å²) in [6.07, 6.45) is 9.76. The topological polar surface area (TPSA) is 61.4 Å². The number of halogens is 2. The minimum atomic E-state index is -2.94. The molecular formula is C34H49F2N3O2. The molecule has 2 fully saturated rings. The van der Waals surface area contributed by atoms with Gasteiger partial charge in [-0.25, -0.2) is 8.78 Å². The molecule has 41 heavy (non-hydrogen) atoms. The number of alkyl halides is 2. The van der Waals surface area contributed by atoms with Crippen LogP contribution in [0, 0.1) is 5.92 Å². The van der Waals surface area contributed by atoms with E-state index in [9.17, 15) is 18.4 Å². The zero-order valence-corrected chi connectivity index (χ0v) is 25.4. The van der Waals surface area contributed by atoms with Crippen molar-refractivity contribution in [2.24, 2.45) is 5.92 Å². The Labute approximate surface area is 245 Å². The van der Waals surface area contributed by atoms with Crippen LogP contribution in [0.4, 0.5) is 8.78 Å². The summed E-state index contributed by atoms with van der Waals surface area (Å²) in [5.74, 6) is -2.69. The first-order valence-electron chi connectivity index (χ1n) is 15.6. The van der Waals surface area contributed by atoms with Crippen LogP contribution in [0.1, 0.15) is 89.7 Å². The molecule has 0 bridgehead atoms. The van der Waals surface area contributed by atoms with E-state index < -0.39 is 17.9 Å². The highest BCUT2D eigenvalue weighted by Gasteiger charge is 2.48. The van der Waals surface area contributed by atoms with Crippen molar-refractivity contribution in [2.45, 2.75) is 89.9 Å². The minimum Gasteiger partial charge on any atom is -0.359 e. The smallest absolute Gasteiger partial charge is 0.262 e. The third kappa shape index (κ3) is 8.15. The Morgan fingerprint density at radius 1 is 0.902 bits per heavy atom. The van der Waals surface area contributed by atoms with Crippen molar-refractivity contribution in [3.63, 3.8) is 0 Å². The van der Waals surface area contributed by atoms with Gasteiger partial charge in [0.25, 0.3) is 5.92 Å². The van der Waals surface area contributed by atoms with Crippen LogP contribution >= 0.6 is 0 Å². The van der Waals surface area contributed by atoms with E-state index in [1.165, 1.54) is 25.7 Å². The average Bonchev–Trinajstić information content (AvgIpc) is 3.25. The molecule has 1 aliphatic heterocycles. The second kappa shape index (κ2) is 15.4. The Balaban J connectivity index is 0.000000394. The van der Waals surface area contributed by atoms with E-state index in [-0.39, 0.29) is 11.8 Å². The van der Waals surface area contributed by atoms with Crippen LogP contribution in [0.15, 0.2) is 48.5 Å². The normalized spacial score (nSPS) is 17.4. The van der Waals surface area contributed by atoms with E-state index in [1.54, 1.807) is 7.05 Å². The van der Waals surface area contributed by atoms with Crippen molar-refractivity contribution in [3.8, 4) is 11.1 Å². The number of likely N-dealkylation sites (tertiary alicyclic amines) is 1. The summed E-state index contributed by atoms with van der Waals surface area (Å²) in [6, 6.07) is 15.9. The summed E-state index contributed by atoms with van der Waals surface area (Å²) >= 11 is 0. The predicted molar refractivity (Wildman–Crippen MR) is 163 cm³/mol. The molecule has 2 aromatic carbocycles. The van der Waals surface area contributed by atoms with Crippen molar-refractivity contribution in [1.29, 1.82) is 0 Å². The maximum atomic E-state index is 13.6. The van der Waals surface area contributed by atoms with E-state index in [0.717, 1.165) is 74.5 Å². The first-order valence-corrected chi connectivity index (χ1v) is 15.6. The number of fused-ring (bicyclic) bond motifs is 3. The third-order valence-corrected chi connectivity index (χ3v) is 8.46. The number of hydrogen-bond donors (Lipinski definition) is 2. The first kappa shape index (κ1) is 32.7. The molecule has 2 amide bonds. The molecule has 0 aromatic heterocycles. The van der Waals surface area contributed by atoms with Crippen molar-refractivity contribution < 1.29 is 18.4 Å². The maximum absolute atomic E-state index is 13.6. The summed E-state index contributed by atoms with van der Waals surface area (Å²) in [5, 5.41) is 5.21. The Morgan fingerprint density at radius 3 is 1.93 bits per heavy atom. The molecule has 2 N–H and O–H groups in total. The van der Waals surface area contributed by atoms with Crippen LogP contribution in [0.3, 0.4) is 0 Å². The molecule has 5 rings (SSSR count). The molecule has 1 saturated heterocycles. The molecule has 0 unspecified atom stereocenters.